The predicted octanol–water partition coefficient (Wildman–Crippen LogP) is 4.68. The van der Waals surface area contributed by atoms with Gasteiger partial charge in [0.15, 0.2) is 5.13 Å². The maximum Gasteiger partial charge on any atom is 0.228 e. The van der Waals surface area contributed by atoms with E-state index in [0.717, 1.165) is 54.8 Å². The Labute approximate surface area is 176 Å². The van der Waals surface area contributed by atoms with Crippen LogP contribution in [0, 0.1) is 23.2 Å². The first-order valence-corrected chi connectivity index (χ1v) is 12.1. The van der Waals surface area contributed by atoms with Crippen molar-refractivity contribution < 1.29 is 4.79 Å². The molecular weight excluding hydrogens is 378 g/mol. The molecule has 0 unspecified atom stereocenters. The van der Waals surface area contributed by atoms with Crippen LogP contribution in [0.25, 0.3) is 11.3 Å². The molecule has 4 nitrogen and oxygen atoms in total. The van der Waals surface area contributed by atoms with E-state index >= 15 is 0 Å². The molecule has 29 heavy (non-hydrogen) atoms. The van der Waals surface area contributed by atoms with E-state index in [4.69, 9.17) is 4.98 Å². The summed E-state index contributed by atoms with van der Waals surface area (Å²) in [7, 11) is 0. The Morgan fingerprint density at radius 2 is 1.55 bits per heavy atom. The lowest BCUT2D eigenvalue weighted by Crippen LogP contribution is -2.58. The lowest BCUT2D eigenvalue weighted by molar-refractivity contribution is -0.158. The maximum absolute atomic E-state index is 13.6. The Bertz CT molecular complexity index is 865. The third-order valence-corrected chi connectivity index (χ3v) is 8.79. The van der Waals surface area contributed by atoms with E-state index in [-0.39, 0.29) is 5.41 Å². The van der Waals surface area contributed by atoms with Crippen molar-refractivity contribution in [1.29, 1.82) is 0 Å². The summed E-state index contributed by atoms with van der Waals surface area (Å²) in [5.74, 6) is 2.98. The fourth-order valence-electron chi connectivity index (χ4n) is 6.96. The lowest BCUT2D eigenvalue weighted by atomic mass is 9.49. The van der Waals surface area contributed by atoms with Crippen LogP contribution in [0.3, 0.4) is 0 Å². The third-order valence-electron chi connectivity index (χ3n) is 7.89. The number of amides is 1. The second kappa shape index (κ2) is 6.83. The van der Waals surface area contributed by atoms with Crippen LogP contribution in [0.1, 0.15) is 38.5 Å². The van der Waals surface area contributed by atoms with E-state index in [1.165, 1.54) is 44.1 Å². The number of benzene rings is 1. The van der Waals surface area contributed by atoms with Crippen molar-refractivity contribution in [2.24, 2.45) is 23.2 Å². The number of piperazine rings is 1. The second-order valence-electron chi connectivity index (χ2n) is 9.86. The van der Waals surface area contributed by atoms with Crippen LogP contribution in [-0.4, -0.2) is 42.0 Å². The predicted molar refractivity (Wildman–Crippen MR) is 117 cm³/mol. The van der Waals surface area contributed by atoms with Gasteiger partial charge in [-0.25, -0.2) is 4.98 Å². The summed E-state index contributed by atoms with van der Waals surface area (Å²) in [5.41, 5.74) is 2.22. The molecule has 1 aromatic carbocycles. The minimum Gasteiger partial charge on any atom is -0.345 e. The Kier molecular flexibility index (Phi) is 4.22. The number of thiazole rings is 1. The molecule has 5 heteroatoms. The Balaban J connectivity index is 1.12. The minimum absolute atomic E-state index is 0.00141. The third kappa shape index (κ3) is 3.09. The highest BCUT2D eigenvalue weighted by molar-refractivity contribution is 7.14. The van der Waals surface area contributed by atoms with Crippen molar-refractivity contribution in [2.45, 2.75) is 38.5 Å². The molecule has 1 saturated heterocycles. The lowest BCUT2D eigenvalue weighted by Gasteiger charge is -2.57. The first-order chi connectivity index (χ1) is 14.2. The topological polar surface area (TPSA) is 36.4 Å². The van der Waals surface area contributed by atoms with Crippen LogP contribution in [-0.2, 0) is 4.79 Å². The number of anilines is 1. The highest BCUT2D eigenvalue weighted by atomic mass is 32.1. The van der Waals surface area contributed by atoms with Crippen molar-refractivity contribution in [1.82, 2.24) is 9.88 Å². The smallest absolute Gasteiger partial charge is 0.228 e. The molecule has 4 saturated carbocycles. The van der Waals surface area contributed by atoms with E-state index in [9.17, 15) is 4.79 Å². The van der Waals surface area contributed by atoms with Crippen LogP contribution in [0.5, 0.6) is 0 Å². The molecular formula is C24H29N3OS. The summed E-state index contributed by atoms with van der Waals surface area (Å²) in [5, 5.41) is 3.24. The standard InChI is InChI=1S/C24H29N3OS/c28-22(24-13-17-10-18(14-24)12-19(11-17)15-24)26-6-8-27(9-7-26)23-25-21(16-29-23)20-4-2-1-3-5-20/h1-5,16-19H,6-15H2. The van der Waals surface area contributed by atoms with Crippen molar-refractivity contribution in [3.63, 3.8) is 0 Å². The molecule has 7 rings (SSSR count). The Hall–Kier alpha value is -1.88. The largest absolute Gasteiger partial charge is 0.345 e. The van der Waals surface area contributed by atoms with Gasteiger partial charge in [0.2, 0.25) is 5.91 Å². The number of rotatable bonds is 3. The van der Waals surface area contributed by atoms with Gasteiger partial charge in [-0.1, -0.05) is 30.3 Å². The molecule has 1 aromatic heterocycles. The zero-order chi connectivity index (χ0) is 19.4. The van der Waals surface area contributed by atoms with E-state index in [1.54, 1.807) is 11.3 Å². The molecule has 1 amide bonds. The summed E-state index contributed by atoms with van der Waals surface area (Å²) in [4.78, 5) is 23.0. The van der Waals surface area contributed by atoms with Gasteiger partial charge in [0, 0.05) is 37.1 Å². The van der Waals surface area contributed by atoms with Crippen LogP contribution in [0.15, 0.2) is 35.7 Å². The van der Waals surface area contributed by atoms with E-state index in [2.05, 4.69) is 39.4 Å². The molecule has 2 heterocycles. The first kappa shape index (κ1) is 17.9. The minimum atomic E-state index is -0.00141. The zero-order valence-corrected chi connectivity index (χ0v) is 17.7. The van der Waals surface area contributed by atoms with E-state index in [0.29, 0.717) is 5.91 Å². The van der Waals surface area contributed by atoms with E-state index < -0.39 is 0 Å². The maximum atomic E-state index is 13.6. The molecule has 4 bridgehead atoms. The Morgan fingerprint density at radius 1 is 0.931 bits per heavy atom. The fourth-order valence-corrected chi connectivity index (χ4v) is 7.85. The van der Waals surface area contributed by atoms with Gasteiger partial charge in [0.1, 0.15) is 0 Å². The number of aromatic nitrogens is 1. The molecule has 0 atom stereocenters. The number of carbonyl (C=O) groups is 1. The number of nitrogens with zero attached hydrogens (tertiary/aromatic N) is 3. The summed E-state index contributed by atoms with van der Waals surface area (Å²) in [6.45, 7) is 3.50. The quantitative estimate of drug-likeness (QED) is 0.742. The van der Waals surface area contributed by atoms with Gasteiger partial charge in [-0.05, 0) is 56.3 Å². The van der Waals surface area contributed by atoms with Gasteiger partial charge in [0.25, 0.3) is 0 Å². The number of hydrogen-bond acceptors (Lipinski definition) is 4. The highest BCUT2D eigenvalue weighted by Crippen LogP contribution is 2.60. The van der Waals surface area contributed by atoms with Gasteiger partial charge in [-0.3, -0.25) is 4.79 Å². The first-order valence-electron chi connectivity index (χ1n) is 11.2. The van der Waals surface area contributed by atoms with E-state index in [1.807, 2.05) is 6.07 Å². The number of carbonyl (C=O) groups excluding carboxylic acids is 1. The average molecular weight is 408 g/mol. The molecule has 5 fully saturated rings. The molecule has 0 spiro atoms. The summed E-state index contributed by atoms with van der Waals surface area (Å²) in [6, 6.07) is 10.4. The fraction of sp³-hybridized carbons (Fsp3) is 0.583. The van der Waals surface area contributed by atoms with Crippen LogP contribution >= 0.6 is 11.3 Å². The van der Waals surface area contributed by atoms with Crippen LogP contribution in [0.4, 0.5) is 5.13 Å². The monoisotopic (exact) mass is 407 g/mol. The van der Waals surface area contributed by atoms with Gasteiger partial charge >= 0.3 is 0 Å². The van der Waals surface area contributed by atoms with Crippen molar-refractivity contribution in [3.05, 3.63) is 35.7 Å². The summed E-state index contributed by atoms with van der Waals surface area (Å²) in [6.07, 6.45) is 7.71. The van der Waals surface area contributed by atoms with Crippen molar-refractivity contribution in [2.75, 3.05) is 31.1 Å². The number of hydrogen-bond donors (Lipinski definition) is 0. The Morgan fingerprint density at radius 3 is 2.17 bits per heavy atom. The van der Waals surface area contributed by atoms with Crippen molar-refractivity contribution >= 4 is 22.4 Å². The zero-order valence-electron chi connectivity index (χ0n) is 16.9. The molecule has 0 radical (unpaired) electrons. The molecule has 2 aromatic rings. The normalized spacial score (nSPS) is 33.3. The van der Waals surface area contributed by atoms with Crippen molar-refractivity contribution in [3.8, 4) is 11.3 Å². The molecule has 0 N–H and O–H groups in total. The summed E-state index contributed by atoms with van der Waals surface area (Å²) >= 11 is 1.72. The SMILES string of the molecule is O=C(N1CCN(c2nc(-c3ccccc3)cs2)CC1)C12CC3CC(CC(C3)C1)C2. The molecule has 5 aliphatic rings. The van der Waals surface area contributed by atoms with Gasteiger partial charge in [0.05, 0.1) is 11.1 Å². The van der Waals surface area contributed by atoms with Gasteiger partial charge in [-0.15, -0.1) is 11.3 Å². The average Bonchev–Trinajstić information content (AvgIpc) is 3.23. The van der Waals surface area contributed by atoms with Gasteiger partial charge < -0.3 is 9.80 Å². The van der Waals surface area contributed by atoms with Gasteiger partial charge in [-0.2, -0.15) is 0 Å². The molecule has 1 aliphatic heterocycles. The molecule has 4 aliphatic carbocycles. The van der Waals surface area contributed by atoms with Crippen LogP contribution in [0.2, 0.25) is 0 Å². The second-order valence-corrected chi connectivity index (χ2v) is 10.7. The highest BCUT2D eigenvalue weighted by Gasteiger charge is 2.55. The molecule has 152 valence electrons. The summed E-state index contributed by atoms with van der Waals surface area (Å²) < 4.78 is 0. The van der Waals surface area contributed by atoms with Crippen LogP contribution < -0.4 is 4.90 Å².